The molecule has 0 fully saturated rings. The van der Waals surface area contributed by atoms with Gasteiger partial charge in [-0.15, -0.1) is 0 Å². The van der Waals surface area contributed by atoms with Crippen molar-refractivity contribution in [3.8, 4) is 0 Å². The summed E-state index contributed by atoms with van der Waals surface area (Å²) >= 11 is 0. The lowest BCUT2D eigenvalue weighted by atomic mass is 10.0. The van der Waals surface area contributed by atoms with Crippen LogP contribution in [0.3, 0.4) is 0 Å². The van der Waals surface area contributed by atoms with Crippen molar-refractivity contribution in [2.75, 3.05) is 10.6 Å². The van der Waals surface area contributed by atoms with Crippen LogP contribution in [0.5, 0.6) is 0 Å². The summed E-state index contributed by atoms with van der Waals surface area (Å²) in [5, 5.41) is 5.64. The van der Waals surface area contributed by atoms with Crippen LogP contribution in [-0.4, -0.2) is 15.9 Å². The number of benzene rings is 2. The van der Waals surface area contributed by atoms with Crippen LogP contribution in [0.2, 0.25) is 0 Å². The molecule has 7 heteroatoms. The number of hydrogen-bond acceptors (Lipinski definition) is 4. The van der Waals surface area contributed by atoms with Crippen LogP contribution < -0.4 is 10.6 Å². The second-order valence-electron chi connectivity index (χ2n) is 6.24. The van der Waals surface area contributed by atoms with Crippen molar-refractivity contribution in [3.05, 3.63) is 77.8 Å². The highest BCUT2D eigenvalue weighted by Gasteiger charge is 2.12. The third-order valence-electron chi connectivity index (χ3n) is 3.91. The van der Waals surface area contributed by atoms with Crippen molar-refractivity contribution in [2.45, 2.75) is 19.8 Å². The van der Waals surface area contributed by atoms with Gasteiger partial charge in [0.05, 0.1) is 12.4 Å². The molecule has 3 rings (SSSR count). The molecular weight excluding hydrogens is 350 g/mol. The molecule has 2 N–H and O–H groups in total. The summed E-state index contributed by atoms with van der Waals surface area (Å²) in [6.45, 7) is 4.09. The van der Waals surface area contributed by atoms with E-state index in [2.05, 4.69) is 20.6 Å². The van der Waals surface area contributed by atoms with Crippen molar-refractivity contribution in [1.82, 2.24) is 9.97 Å². The smallest absolute Gasteiger partial charge is 0.275 e. The number of halogens is 2. The van der Waals surface area contributed by atoms with E-state index in [1.54, 1.807) is 0 Å². The molecule has 0 saturated heterocycles. The van der Waals surface area contributed by atoms with Crippen molar-refractivity contribution in [2.24, 2.45) is 0 Å². The summed E-state index contributed by atoms with van der Waals surface area (Å²) in [5.41, 5.74) is 2.22. The number of aromatic nitrogens is 2. The third-order valence-corrected chi connectivity index (χ3v) is 3.91. The number of hydrogen-bond donors (Lipinski definition) is 2. The Bertz CT molecular complexity index is 958. The predicted octanol–water partition coefficient (Wildman–Crippen LogP) is 4.87. The van der Waals surface area contributed by atoms with E-state index in [4.69, 9.17) is 0 Å². The first-order valence-corrected chi connectivity index (χ1v) is 8.38. The summed E-state index contributed by atoms with van der Waals surface area (Å²) in [4.78, 5) is 20.6. The molecule has 3 aromatic rings. The minimum Gasteiger partial charge on any atom is -0.339 e. The van der Waals surface area contributed by atoms with Crippen LogP contribution in [0, 0.1) is 11.6 Å². The quantitative estimate of drug-likeness (QED) is 0.674. The highest BCUT2D eigenvalue weighted by molar-refractivity contribution is 6.03. The first-order valence-electron chi connectivity index (χ1n) is 8.38. The molecule has 0 atom stereocenters. The number of rotatable bonds is 5. The minimum absolute atomic E-state index is 0.143. The zero-order valence-corrected chi connectivity index (χ0v) is 14.8. The van der Waals surface area contributed by atoms with E-state index >= 15 is 0 Å². The average molecular weight is 368 g/mol. The Kier molecular flexibility index (Phi) is 5.40. The fraction of sp³-hybridized carbons (Fsp3) is 0.150. The van der Waals surface area contributed by atoms with Gasteiger partial charge in [-0.05, 0) is 29.7 Å². The SMILES string of the molecule is CC(C)c1ccccc1NC(=O)c1cnc(Nc2ccc(F)c(F)c2)cn1. The van der Waals surface area contributed by atoms with Crippen molar-refractivity contribution >= 4 is 23.1 Å². The van der Waals surface area contributed by atoms with Crippen LogP contribution in [0.25, 0.3) is 0 Å². The number of carbonyl (C=O) groups excluding carboxylic acids is 1. The van der Waals surface area contributed by atoms with Gasteiger partial charge in [0.2, 0.25) is 0 Å². The molecule has 0 bridgehead atoms. The summed E-state index contributed by atoms with van der Waals surface area (Å²) in [6.07, 6.45) is 2.67. The van der Waals surface area contributed by atoms with Gasteiger partial charge in [0, 0.05) is 17.4 Å². The van der Waals surface area contributed by atoms with Gasteiger partial charge < -0.3 is 10.6 Å². The number of nitrogens with one attached hydrogen (secondary N) is 2. The van der Waals surface area contributed by atoms with E-state index in [-0.39, 0.29) is 17.5 Å². The van der Waals surface area contributed by atoms with E-state index in [1.807, 2.05) is 38.1 Å². The molecule has 1 heterocycles. The first kappa shape index (κ1) is 18.4. The molecule has 0 spiro atoms. The normalized spacial score (nSPS) is 10.7. The topological polar surface area (TPSA) is 66.9 Å². The molecule has 5 nitrogen and oxygen atoms in total. The molecule has 138 valence electrons. The Morgan fingerprint density at radius 2 is 1.78 bits per heavy atom. The van der Waals surface area contributed by atoms with E-state index in [0.717, 1.165) is 23.4 Å². The second kappa shape index (κ2) is 7.90. The maximum absolute atomic E-state index is 13.2. The minimum atomic E-state index is -0.965. The molecule has 0 saturated carbocycles. The standard InChI is InChI=1S/C20H18F2N4O/c1-12(2)14-5-3-4-6-17(14)26-20(27)18-10-24-19(11-23-18)25-13-7-8-15(21)16(22)9-13/h3-12H,1-2H3,(H,24,25)(H,26,27). The molecule has 0 aliphatic heterocycles. The fourth-order valence-electron chi connectivity index (χ4n) is 2.53. The van der Waals surface area contributed by atoms with E-state index in [1.165, 1.54) is 18.5 Å². The fourth-order valence-corrected chi connectivity index (χ4v) is 2.53. The van der Waals surface area contributed by atoms with Gasteiger partial charge in [-0.1, -0.05) is 32.0 Å². The number of anilines is 3. The summed E-state index contributed by atoms with van der Waals surface area (Å²) in [5.74, 6) is -1.71. The van der Waals surface area contributed by atoms with E-state index in [0.29, 0.717) is 11.5 Å². The molecule has 0 aliphatic rings. The van der Waals surface area contributed by atoms with Gasteiger partial charge in [0.25, 0.3) is 5.91 Å². The van der Waals surface area contributed by atoms with Gasteiger partial charge >= 0.3 is 0 Å². The predicted molar refractivity (Wildman–Crippen MR) is 100 cm³/mol. The maximum Gasteiger partial charge on any atom is 0.275 e. The van der Waals surface area contributed by atoms with Crippen LogP contribution in [-0.2, 0) is 0 Å². The van der Waals surface area contributed by atoms with Gasteiger partial charge in [-0.2, -0.15) is 0 Å². The maximum atomic E-state index is 13.2. The lowest BCUT2D eigenvalue weighted by Gasteiger charge is -2.13. The van der Waals surface area contributed by atoms with Crippen molar-refractivity contribution < 1.29 is 13.6 Å². The molecule has 1 aromatic heterocycles. The largest absolute Gasteiger partial charge is 0.339 e. The zero-order chi connectivity index (χ0) is 19.4. The first-order chi connectivity index (χ1) is 12.9. The number of carbonyl (C=O) groups is 1. The van der Waals surface area contributed by atoms with Crippen molar-refractivity contribution in [1.29, 1.82) is 0 Å². The summed E-state index contributed by atoms with van der Waals surface area (Å²) in [7, 11) is 0. The Morgan fingerprint density at radius 3 is 2.44 bits per heavy atom. The van der Waals surface area contributed by atoms with Gasteiger partial charge in [0.15, 0.2) is 11.6 Å². The molecule has 0 unspecified atom stereocenters. The molecule has 0 aliphatic carbocycles. The van der Waals surface area contributed by atoms with Crippen LogP contribution in [0.1, 0.15) is 35.8 Å². The summed E-state index contributed by atoms with van der Waals surface area (Å²) in [6, 6.07) is 11.0. The Labute approximate surface area is 155 Å². The third kappa shape index (κ3) is 4.44. The van der Waals surface area contributed by atoms with Gasteiger partial charge in [-0.25, -0.2) is 18.7 Å². The molecule has 1 amide bonds. The monoisotopic (exact) mass is 368 g/mol. The average Bonchev–Trinajstić information content (AvgIpc) is 2.65. The molecule has 27 heavy (non-hydrogen) atoms. The lowest BCUT2D eigenvalue weighted by Crippen LogP contribution is -2.15. The van der Waals surface area contributed by atoms with Crippen molar-refractivity contribution in [3.63, 3.8) is 0 Å². The van der Waals surface area contributed by atoms with Gasteiger partial charge in [-0.3, -0.25) is 4.79 Å². The highest BCUT2D eigenvalue weighted by Crippen LogP contribution is 2.24. The number of para-hydroxylation sites is 1. The summed E-state index contributed by atoms with van der Waals surface area (Å²) < 4.78 is 26.2. The van der Waals surface area contributed by atoms with Crippen LogP contribution in [0.15, 0.2) is 54.9 Å². The Hall–Kier alpha value is -3.35. The highest BCUT2D eigenvalue weighted by atomic mass is 19.2. The number of amides is 1. The molecule has 2 aromatic carbocycles. The van der Waals surface area contributed by atoms with E-state index in [9.17, 15) is 13.6 Å². The van der Waals surface area contributed by atoms with Crippen LogP contribution >= 0.6 is 0 Å². The zero-order valence-electron chi connectivity index (χ0n) is 14.8. The molecule has 0 radical (unpaired) electrons. The number of nitrogens with zero attached hydrogens (tertiary/aromatic N) is 2. The molecular formula is C20H18F2N4O. The Morgan fingerprint density at radius 1 is 1.00 bits per heavy atom. The van der Waals surface area contributed by atoms with E-state index < -0.39 is 11.6 Å². The van der Waals surface area contributed by atoms with Gasteiger partial charge in [0.1, 0.15) is 11.5 Å². The second-order valence-corrected chi connectivity index (χ2v) is 6.24. The lowest BCUT2D eigenvalue weighted by molar-refractivity contribution is 0.102. The Balaban J connectivity index is 1.71. The van der Waals surface area contributed by atoms with Crippen LogP contribution in [0.4, 0.5) is 26.0 Å².